The summed E-state index contributed by atoms with van der Waals surface area (Å²) in [7, 11) is 0. The molecule has 3 aromatic rings. The average molecular weight is 483 g/mol. The van der Waals surface area contributed by atoms with Crippen LogP contribution in [0.1, 0.15) is 19.3 Å². The molecule has 1 aliphatic carbocycles. The zero-order chi connectivity index (χ0) is 22.9. The molecule has 8 nitrogen and oxygen atoms in total. The molecule has 176 valence electrons. The Hall–Kier alpha value is -2.75. The van der Waals surface area contributed by atoms with E-state index >= 15 is 4.39 Å². The summed E-state index contributed by atoms with van der Waals surface area (Å²) < 4.78 is 26.8. The van der Waals surface area contributed by atoms with Gasteiger partial charge in [-0.2, -0.15) is 0 Å². The Morgan fingerprint density at radius 1 is 1.26 bits per heavy atom. The smallest absolute Gasteiger partial charge is 0.169 e. The van der Waals surface area contributed by atoms with Crippen LogP contribution in [-0.2, 0) is 4.74 Å². The predicted octanol–water partition coefficient (Wildman–Crippen LogP) is 3.67. The normalized spacial score (nSPS) is 29.0. The number of nitrogens with one attached hydrogen (secondary N) is 2. The van der Waals surface area contributed by atoms with Crippen LogP contribution in [0.25, 0.3) is 11.0 Å². The van der Waals surface area contributed by atoms with Crippen LogP contribution in [0.3, 0.4) is 0 Å². The summed E-state index contributed by atoms with van der Waals surface area (Å²) in [5.74, 6) is 1.66. The number of ether oxygens (including phenoxy) is 2. The monoisotopic (exact) mass is 482 g/mol. The second kappa shape index (κ2) is 7.63. The molecule has 4 saturated heterocycles. The zero-order valence-corrected chi connectivity index (χ0v) is 19.2. The van der Waals surface area contributed by atoms with Crippen LogP contribution in [-0.4, -0.2) is 58.9 Å². The lowest BCUT2D eigenvalue weighted by Crippen LogP contribution is -2.44. The summed E-state index contributed by atoms with van der Waals surface area (Å²) in [6, 6.07) is 8.15. The number of anilines is 3. The molecule has 34 heavy (non-hydrogen) atoms. The van der Waals surface area contributed by atoms with E-state index in [2.05, 4.69) is 25.5 Å². The molecule has 0 spiro atoms. The van der Waals surface area contributed by atoms with Gasteiger partial charge in [-0.25, -0.2) is 19.3 Å². The highest BCUT2D eigenvalue weighted by Gasteiger charge is 2.52. The fourth-order valence-corrected chi connectivity index (χ4v) is 6.00. The van der Waals surface area contributed by atoms with Gasteiger partial charge >= 0.3 is 0 Å². The van der Waals surface area contributed by atoms with Crippen molar-refractivity contribution in [1.29, 1.82) is 0 Å². The first-order valence-corrected chi connectivity index (χ1v) is 12.1. The minimum atomic E-state index is -0.596. The molecule has 0 radical (unpaired) electrons. The molecule has 0 unspecified atom stereocenters. The fourth-order valence-electron chi connectivity index (χ4n) is 5.78. The van der Waals surface area contributed by atoms with Crippen LogP contribution in [0.5, 0.6) is 5.75 Å². The van der Waals surface area contributed by atoms with Crippen molar-refractivity contribution in [3.05, 3.63) is 41.4 Å². The van der Waals surface area contributed by atoms with Gasteiger partial charge in [-0.1, -0.05) is 11.6 Å². The quantitative estimate of drug-likeness (QED) is 0.550. The van der Waals surface area contributed by atoms with Crippen LogP contribution in [0.15, 0.2) is 30.6 Å². The van der Waals surface area contributed by atoms with Gasteiger partial charge in [0.1, 0.15) is 40.6 Å². The maximum absolute atomic E-state index is 15.2. The summed E-state index contributed by atoms with van der Waals surface area (Å²) in [5.41, 5.74) is 1.25. The van der Waals surface area contributed by atoms with Crippen molar-refractivity contribution in [2.45, 2.75) is 36.9 Å². The summed E-state index contributed by atoms with van der Waals surface area (Å²) in [4.78, 5) is 15.8. The second-order valence-corrected chi connectivity index (χ2v) is 10.2. The molecule has 1 aromatic carbocycles. The predicted molar refractivity (Wildman–Crippen MR) is 126 cm³/mol. The number of hydrogen-bond donors (Lipinski definition) is 2. The topological polar surface area (TPSA) is 84.4 Å². The van der Waals surface area contributed by atoms with E-state index in [-0.39, 0.29) is 16.3 Å². The van der Waals surface area contributed by atoms with Crippen molar-refractivity contribution in [1.82, 2.24) is 20.3 Å². The molecular formula is C24H24ClFN6O2. The Bertz CT molecular complexity index is 1280. The Kier molecular flexibility index (Phi) is 4.62. The van der Waals surface area contributed by atoms with E-state index in [9.17, 15) is 0 Å². The summed E-state index contributed by atoms with van der Waals surface area (Å²) in [5, 5.41) is 6.50. The molecule has 4 bridgehead atoms. The summed E-state index contributed by atoms with van der Waals surface area (Å²) in [6.45, 7) is 3.06. The van der Waals surface area contributed by atoms with Gasteiger partial charge in [0.25, 0.3) is 0 Å². The van der Waals surface area contributed by atoms with Crippen molar-refractivity contribution < 1.29 is 13.9 Å². The first kappa shape index (κ1) is 20.6. The zero-order valence-electron chi connectivity index (χ0n) is 18.4. The number of halogens is 2. The number of rotatable bonds is 6. The van der Waals surface area contributed by atoms with Crippen molar-refractivity contribution in [2.24, 2.45) is 5.92 Å². The number of fused-ring (bicyclic) bond motifs is 4. The first-order chi connectivity index (χ1) is 16.6. The molecule has 8 rings (SSSR count). The van der Waals surface area contributed by atoms with Gasteiger partial charge in [0, 0.05) is 25.2 Å². The van der Waals surface area contributed by atoms with E-state index in [0.29, 0.717) is 47.2 Å². The second-order valence-electron chi connectivity index (χ2n) is 9.83. The third-order valence-corrected chi connectivity index (χ3v) is 7.91. The third kappa shape index (κ3) is 3.29. The van der Waals surface area contributed by atoms with Crippen molar-refractivity contribution in [3.8, 4) is 5.75 Å². The highest BCUT2D eigenvalue weighted by Crippen LogP contribution is 2.48. The van der Waals surface area contributed by atoms with Crippen molar-refractivity contribution in [3.63, 3.8) is 0 Å². The van der Waals surface area contributed by atoms with Crippen molar-refractivity contribution >= 4 is 40.0 Å². The molecule has 2 aromatic heterocycles. The Morgan fingerprint density at radius 3 is 2.94 bits per heavy atom. The van der Waals surface area contributed by atoms with Gasteiger partial charge < -0.3 is 25.0 Å². The maximum atomic E-state index is 15.2. The molecule has 2 atom stereocenters. The van der Waals surface area contributed by atoms with Gasteiger partial charge in [-0.05, 0) is 49.4 Å². The Labute approximate surface area is 200 Å². The number of benzene rings is 1. The highest BCUT2D eigenvalue weighted by atomic mass is 35.5. The molecule has 0 amide bonds. The lowest BCUT2D eigenvalue weighted by atomic mass is 9.75. The highest BCUT2D eigenvalue weighted by molar-refractivity contribution is 6.32. The van der Waals surface area contributed by atoms with Crippen LogP contribution in [0, 0.1) is 11.7 Å². The number of nitrogens with zero attached hydrogens (tertiary/aromatic N) is 4. The molecule has 4 aliphatic heterocycles. The van der Waals surface area contributed by atoms with Crippen LogP contribution < -0.4 is 20.3 Å². The van der Waals surface area contributed by atoms with E-state index in [1.165, 1.54) is 6.33 Å². The van der Waals surface area contributed by atoms with E-state index in [0.717, 1.165) is 44.8 Å². The standard InChI is InChI=1S/C24H24ClFN6O2/c25-20-18(33-11-24-6-13(7-24)10-34-24)3-1-16(21(20)26)30-23-22-17(28-12-29-23)2-4-19(31-22)32-9-14-5-15(32)8-27-14/h1-4,12-15,27H,5-11H2,(H,28,29,30)/t13?,14-,15-,24?/m0/s1. The number of piperazine rings is 1. The third-order valence-electron chi connectivity index (χ3n) is 7.56. The minimum Gasteiger partial charge on any atom is -0.489 e. The van der Waals surface area contributed by atoms with Crippen LogP contribution >= 0.6 is 11.6 Å². The van der Waals surface area contributed by atoms with Crippen LogP contribution in [0.4, 0.5) is 21.7 Å². The lowest BCUT2D eigenvalue weighted by molar-refractivity contribution is -0.0358. The molecular weight excluding hydrogens is 459 g/mol. The summed E-state index contributed by atoms with van der Waals surface area (Å²) in [6.07, 6.45) is 4.56. The lowest BCUT2D eigenvalue weighted by Gasteiger charge is -2.35. The molecule has 5 aliphatic rings. The Balaban J connectivity index is 1.15. The molecule has 10 heteroatoms. The minimum absolute atomic E-state index is 0.0668. The first-order valence-electron chi connectivity index (χ1n) is 11.7. The maximum Gasteiger partial charge on any atom is 0.169 e. The number of hydrogen-bond acceptors (Lipinski definition) is 8. The number of aromatic nitrogens is 3. The van der Waals surface area contributed by atoms with Crippen molar-refractivity contribution in [2.75, 3.05) is 36.5 Å². The molecule has 6 heterocycles. The van der Waals surface area contributed by atoms with E-state index in [4.69, 9.17) is 26.1 Å². The summed E-state index contributed by atoms with van der Waals surface area (Å²) >= 11 is 6.33. The van der Waals surface area contributed by atoms with E-state index in [1.54, 1.807) is 12.1 Å². The largest absolute Gasteiger partial charge is 0.489 e. The SMILES string of the molecule is Fc1c(Nc2ncnc3ccc(N4C[C@@H]5C[C@H]4CN5)nc23)ccc(OCC23CC(CO2)C3)c1Cl. The Morgan fingerprint density at radius 2 is 2.18 bits per heavy atom. The van der Waals surface area contributed by atoms with Crippen LogP contribution in [0.2, 0.25) is 5.02 Å². The molecule has 1 saturated carbocycles. The average Bonchev–Trinajstić information content (AvgIpc) is 3.63. The van der Waals surface area contributed by atoms with Gasteiger partial charge in [-0.15, -0.1) is 0 Å². The van der Waals surface area contributed by atoms with E-state index < -0.39 is 5.82 Å². The van der Waals surface area contributed by atoms with Gasteiger partial charge in [0.05, 0.1) is 17.8 Å². The molecule has 2 N–H and O–H groups in total. The van der Waals surface area contributed by atoms with E-state index in [1.807, 2.05) is 12.1 Å². The van der Waals surface area contributed by atoms with Gasteiger partial charge in [0.2, 0.25) is 0 Å². The fraction of sp³-hybridized carbons (Fsp3) is 0.458. The number of pyridine rings is 1. The molecule has 5 fully saturated rings. The van der Waals surface area contributed by atoms with Gasteiger partial charge in [-0.3, -0.25) is 0 Å². The van der Waals surface area contributed by atoms with Gasteiger partial charge in [0.15, 0.2) is 11.6 Å².